The normalized spacial score (nSPS) is 32.1. The molecule has 1 aromatic carbocycles. The quantitative estimate of drug-likeness (QED) is 0.298. The van der Waals surface area contributed by atoms with Gasteiger partial charge in [0.1, 0.15) is 18.2 Å². The van der Waals surface area contributed by atoms with Crippen molar-refractivity contribution in [2.24, 2.45) is 22.7 Å². The number of carbonyl (C=O) groups is 3. The average molecular weight is 557 g/mol. The largest absolute Gasteiger partial charge is 0.504 e. The molecule has 40 heavy (non-hydrogen) atoms. The Morgan fingerprint density at radius 1 is 1.05 bits per heavy atom. The lowest BCUT2D eigenvalue weighted by Gasteiger charge is -2.39. The molecular weight excluding hydrogens is 512 g/mol. The summed E-state index contributed by atoms with van der Waals surface area (Å²) in [6, 6.07) is 2.49. The van der Waals surface area contributed by atoms with E-state index in [9.17, 15) is 29.7 Å². The molecule has 6 unspecified atom stereocenters. The lowest BCUT2D eigenvalue weighted by atomic mass is 9.70. The Morgan fingerprint density at radius 3 is 2.40 bits per heavy atom. The van der Waals surface area contributed by atoms with E-state index < -0.39 is 24.2 Å². The monoisotopic (exact) mass is 556 g/mol. The Hall–Kier alpha value is -2.81. The molecule has 4 N–H and O–H groups in total. The van der Waals surface area contributed by atoms with Gasteiger partial charge in [0, 0.05) is 18.4 Å². The van der Waals surface area contributed by atoms with Gasteiger partial charge >= 0.3 is 5.97 Å². The Labute approximate surface area is 236 Å². The van der Waals surface area contributed by atoms with Crippen LogP contribution in [0, 0.1) is 22.7 Å². The van der Waals surface area contributed by atoms with Crippen molar-refractivity contribution in [1.29, 1.82) is 0 Å². The highest BCUT2D eigenvalue weighted by molar-refractivity contribution is 5.92. The maximum Gasteiger partial charge on any atom is 0.329 e. The van der Waals surface area contributed by atoms with Crippen LogP contribution in [0.15, 0.2) is 18.2 Å². The molecule has 2 bridgehead atoms. The van der Waals surface area contributed by atoms with Gasteiger partial charge in [-0.05, 0) is 67.1 Å². The number of phenolic OH excluding ortho intramolecular Hbond substituents is 2. The summed E-state index contributed by atoms with van der Waals surface area (Å²) in [7, 11) is 0. The van der Waals surface area contributed by atoms with Gasteiger partial charge in [-0.15, -0.1) is 0 Å². The van der Waals surface area contributed by atoms with E-state index >= 15 is 0 Å². The molecule has 0 radical (unpaired) electrons. The van der Waals surface area contributed by atoms with Crippen molar-refractivity contribution in [2.75, 3.05) is 6.54 Å². The molecule has 0 aromatic heterocycles. The number of β-amino-alcohol motifs (C(OH)–C–C–N with tert-alkyl or cyclic N) is 1. The first kappa shape index (κ1) is 28.7. The van der Waals surface area contributed by atoms with Crippen molar-refractivity contribution in [3.63, 3.8) is 0 Å². The Balaban J connectivity index is 1.31. The summed E-state index contributed by atoms with van der Waals surface area (Å²) in [4.78, 5) is 42.1. The van der Waals surface area contributed by atoms with Gasteiger partial charge in [-0.2, -0.15) is 0 Å². The van der Waals surface area contributed by atoms with Crippen molar-refractivity contribution >= 4 is 17.8 Å². The number of aliphatic hydroxyl groups is 1. The van der Waals surface area contributed by atoms with E-state index in [1.165, 1.54) is 17.0 Å². The Bertz CT molecular complexity index is 1150. The van der Waals surface area contributed by atoms with E-state index in [0.717, 1.165) is 51.4 Å². The van der Waals surface area contributed by atoms with Crippen molar-refractivity contribution < 1.29 is 34.4 Å². The standard InChI is InChI=1S/C31H44N2O7/c1-30(2)20-11-12-31(30,3)25(15-20)40-29(39)22-16-21(34)17-33(22)28(38)27(19-7-5-4-6-8-19)32-26(37)14-18-9-10-23(35)24(36)13-18/h9-10,13,19-22,25,27,34-36H,4-8,11-12,14-17H2,1-3H3,(H,32,37). The molecule has 4 aliphatic rings. The number of benzene rings is 1. The fraction of sp³-hybridized carbons (Fsp3) is 0.710. The molecule has 220 valence electrons. The third kappa shape index (κ3) is 5.17. The SMILES string of the molecule is CC1(C)C2CCC1(C)C(OC(=O)C1CC(O)CN1C(=O)C(NC(=O)Cc1ccc(O)c(O)c1)C1CCCCC1)C2. The Kier molecular flexibility index (Phi) is 7.81. The molecule has 6 atom stereocenters. The van der Waals surface area contributed by atoms with E-state index in [2.05, 4.69) is 26.1 Å². The van der Waals surface area contributed by atoms with Gasteiger partial charge in [0.15, 0.2) is 11.5 Å². The number of nitrogens with zero attached hydrogens (tertiary/aromatic N) is 1. The maximum absolute atomic E-state index is 14.0. The van der Waals surface area contributed by atoms with Crippen LogP contribution in [-0.2, 0) is 25.5 Å². The second kappa shape index (κ2) is 10.9. The van der Waals surface area contributed by atoms with Crippen molar-refractivity contribution in [3.05, 3.63) is 23.8 Å². The van der Waals surface area contributed by atoms with Crippen molar-refractivity contribution in [2.45, 2.75) is 109 Å². The first-order chi connectivity index (χ1) is 18.9. The molecule has 5 rings (SSSR count). The van der Waals surface area contributed by atoms with Gasteiger partial charge in [0.05, 0.1) is 12.5 Å². The number of esters is 1. The molecule has 9 heteroatoms. The number of aromatic hydroxyl groups is 2. The van der Waals surface area contributed by atoms with Crippen LogP contribution in [0.1, 0.15) is 84.1 Å². The molecule has 1 saturated heterocycles. The number of ether oxygens (including phenoxy) is 1. The second-order valence-electron chi connectivity index (χ2n) is 13.4. The number of amides is 2. The molecule has 9 nitrogen and oxygen atoms in total. The topological polar surface area (TPSA) is 136 Å². The second-order valence-corrected chi connectivity index (χ2v) is 13.4. The highest BCUT2D eigenvalue weighted by Crippen LogP contribution is 2.66. The number of hydrogen-bond donors (Lipinski definition) is 4. The number of fused-ring (bicyclic) bond motifs is 2. The minimum absolute atomic E-state index is 0.0274. The number of hydrogen-bond acceptors (Lipinski definition) is 7. The van der Waals surface area contributed by atoms with Gasteiger partial charge in [-0.1, -0.05) is 46.1 Å². The molecule has 0 spiro atoms. The zero-order valence-corrected chi connectivity index (χ0v) is 23.9. The average Bonchev–Trinajstić information content (AvgIpc) is 3.47. The number of aliphatic hydroxyl groups excluding tert-OH is 1. The van der Waals surface area contributed by atoms with Crippen LogP contribution in [0.3, 0.4) is 0 Å². The lowest BCUT2D eigenvalue weighted by molar-refractivity contribution is -0.165. The van der Waals surface area contributed by atoms with E-state index in [4.69, 9.17) is 4.74 Å². The summed E-state index contributed by atoms with van der Waals surface area (Å²) in [6.45, 7) is 6.74. The minimum atomic E-state index is -0.884. The molecule has 4 fully saturated rings. The molecule has 3 saturated carbocycles. The van der Waals surface area contributed by atoms with Crippen LogP contribution in [-0.4, -0.2) is 68.8 Å². The summed E-state index contributed by atoms with van der Waals surface area (Å²) < 4.78 is 6.13. The smallest absolute Gasteiger partial charge is 0.329 e. The number of carbonyl (C=O) groups excluding carboxylic acids is 3. The third-order valence-corrected chi connectivity index (χ3v) is 10.9. The van der Waals surface area contributed by atoms with Crippen LogP contribution in [0.5, 0.6) is 11.5 Å². The van der Waals surface area contributed by atoms with E-state index in [0.29, 0.717) is 11.5 Å². The molecule has 1 aliphatic heterocycles. The molecule has 1 aromatic rings. The van der Waals surface area contributed by atoms with Gasteiger partial charge in [0.25, 0.3) is 0 Å². The van der Waals surface area contributed by atoms with E-state index in [-0.39, 0.29) is 65.6 Å². The van der Waals surface area contributed by atoms with Gasteiger partial charge in [-0.3, -0.25) is 9.59 Å². The first-order valence-electron chi connectivity index (χ1n) is 14.9. The highest BCUT2D eigenvalue weighted by atomic mass is 16.5. The summed E-state index contributed by atoms with van der Waals surface area (Å²) in [5.41, 5.74) is 0.469. The van der Waals surface area contributed by atoms with Crippen molar-refractivity contribution in [3.8, 4) is 11.5 Å². The maximum atomic E-state index is 14.0. The van der Waals surface area contributed by atoms with Gasteiger partial charge in [0.2, 0.25) is 11.8 Å². The highest BCUT2D eigenvalue weighted by Gasteiger charge is 2.63. The first-order valence-corrected chi connectivity index (χ1v) is 14.9. The summed E-state index contributed by atoms with van der Waals surface area (Å²) >= 11 is 0. The van der Waals surface area contributed by atoms with E-state index in [1.54, 1.807) is 6.07 Å². The van der Waals surface area contributed by atoms with E-state index in [1.807, 2.05) is 0 Å². The lowest BCUT2D eigenvalue weighted by Crippen LogP contribution is -2.55. The van der Waals surface area contributed by atoms with Gasteiger partial charge < -0.3 is 30.3 Å². The molecule has 3 aliphatic carbocycles. The number of phenols is 2. The van der Waals surface area contributed by atoms with Crippen LogP contribution in [0.2, 0.25) is 0 Å². The molecule has 2 amide bonds. The Morgan fingerprint density at radius 2 is 1.77 bits per heavy atom. The van der Waals surface area contributed by atoms with Gasteiger partial charge in [-0.25, -0.2) is 4.79 Å². The zero-order valence-electron chi connectivity index (χ0n) is 23.9. The predicted molar refractivity (Wildman–Crippen MR) is 147 cm³/mol. The van der Waals surface area contributed by atoms with Crippen molar-refractivity contribution in [1.82, 2.24) is 10.2 Å². The van der Waals surface area contributed by atoms with Crippen LogP contribution in [0.25, 0.3) is 0 Å². The minimum Gasteiger partial charge on any atom is -0.504 e. The zero-order chi connectivity index (χ0) is 28.8. The van der Waals surface area contributed by atoms with Crippen LogP contribution < -0.4 is 5.32 Å². The summed E-state index contributed by atoms with van der Waals surface area (Å²) in [5, 5.41) is 32.9. The fourth-order valence-corrected chi connectivity index (χ4v) is 7.92. The predicted octanol–water partition coefficient (Wildman–Crippen LogP) is 3.43. The number of likely N-dealkylation sites (tertiary alicyclic amines) is 1. The van der Waals surface area contributed by atoms with Crippen LogP contribution in [0.4, 0.5) is 0 Å². The fourth-order valence-electron chi connectivity index (χ4n) is 7.92. The van der Waals surface area contributed by atoms with Crippen LogP contribution >= 0.6 is 0 Å². The third-order valence-electron chi connectivity index (χ3n) is 10.9. The summed E-state index contributed by atoms with van der Waals surface area (Å²) in [5.74, 6) is -1.36. The number of rotatable bonds is 7. The number of nitrogens with one attached hydrogen (secondary N) is 1. The summed E-state index contributed by atoms with van der Waals surface area (Å²) in [6.07, 6.45) is 6.55. The molecular formula is C31H44N2O7. The molecule has 1 heterocycles.